The van der Waals surface area contributed by atoms with Gasteiger partial charge in [0.05, 0.1) is 18.1 Å². The summed E-state index contributed by atoms with van der Waals surface area (Å²) in [7, 11) is 1.73. The zero-order valence-electron chi connectivity index (χ0n) is 23.3. The van der Waals surface area contributed by atoms with Crippen LogP contribution in [-0.4, -0.2) is 31.0 Å². The Morgan fingerprint density at radius 3 is 2.35 bits per heavy atom. The molecule has 1 aliphatic carbocycles. The Morgan fingerprint density at radius 2 is 1.73 bits per heavy atom. The third kappa shape index (κ3) is 7.80. The smallest absolute Gasteiger partial charge is 0.273 e. The molecule has 1 aromatic carbocycles. The predicted octanol–water partition coefficient (Wildman–Crippen LogP) is 6.46. The summed E-state index contributed by atoms with van der Waals surface area (Å²) in [5.41, 5.74) is 4.70. The minimum atomic E-state index is -0.245. The van der Waals surface area contributed by atoms with Crippen LogP contribution in [-0.2, 0) is 11.8 Å². The van der Waals surface area contributed by atoms with Crippen molar-refractivity contribution in [3.8, 4) is 11.5 Å². The second-order valence-corrected chi connectivity index (χ2v) is 9.92. The highest BCUT2D eigenvalue weighted by molar-refractivity contribution is 6.03. The molecule has 0 unspecified atom stereocenters. The number of hydrogen-bond acceptors (Lipinski definition) is 5. The lowest BCUT2D eigenvalue weighted by Gasteiger charge is -2.09. The van der Waals surface area contributed by atoms with Crippen LogP contribution in [0.1, 0.15) is 42.9 Å². The summed E-state index contributed by atoms with van der Waals surface area (Å²) in [6.07, 6.45) is 9.33. The zero-order chi connectivity index (χ0) is 28.8. The maximum absolute atomic E-state index is 12.5. The molecule has 9 heteroatoms. The molecule has 0 spiro atoms. The van der Waals surface area contributed by atoms with Gasteiger partial charge in [0.15, 0.2) is 5.82 Å². The molecule has 5 rings (SSSR count). The van der Waals surface area contributed by atoms with Crippen LogP contribution in [0.25, 0.3) is 5.65 Å². The van der Waals surface area contributed by atoms with E-state index >= 15 is 0 Å². The number of benzene rings is 1. The van der Waals surface area contributed by atoms with Crippen molar-refractivity contribution in [1.29, 1.82) is 0 Å². The Kier molecular flexibility index (Phi) is 8.63. The number of nitrogens with one attached hydrogen (secondary N) is 2. The van der Waals surface area contributed by atoms with Gasteiger partial charge in [0.25, 0.3) is 5.91 Å². The molecule has 0 radical (unpaired) electrons. The average Bonchev–Trinajstić information content (AvgIpc) is 3.59. The molecular formula is C31H34N6O3. The first-order valence-corrected chi connectivity index (χ1v) is 13.0. The number of allylic oxidation sites excluding steroid dienone is 4. The number of ether oxygens (including phenoxy) is 1. The van der Waals surface area contributed by atoms with Crippen molar-refractivity contribution >= 4 is 29.0 Å². The molecule has 1 saturated carbocycles. The van der Waals surface area contributed by atoms with E-state index in [1.165, 1.54) is 0 Å². The minimum Gasteiger partial charge on any atom is -0.456 e. The molecule has 0 atom stereocenters. The van der Waals surface area contributed by atoms with Gasteiger partial charge in [-0.2, -0.15) is 5.10 Å². The molecular weight excluding hydrogens is 504 g/mol. The first-order chi connectivity index (χ1) is 19.1. The fourth-order valence-electron chi connectivity index (χ4n) is 3.74. The van der Waals surface area contributed by atoms with E-state index in [-0.39, 0.29) is 17.7 Å². The Bertz CT molecular complexity index is 1590. The van der Waals surface area contributed by atoms with E-state index in [0.717, 1.165) is 29.7 Å². The van der Waals surface area contributed by atoms with Crippen molar-refractivity contribution in [2.24, 2.45) is 13.0 Å². The lowest BCUT2D eigenvalue weighted by molar-refractivity contribution is -0.117. The van der Waals surface area contributed by atoms with E-state index in [4.69, 9.17) is 4.74 Å². The average molecular weight is 539 g/mol. The van der Waals surface area contributed by atoms with Gasteiger partial charge in [-0.25, -0.2) is 4.98 Å². The van der Waals surface area contributed by atoms with Gasteiger partial charge in [0, 0.05) is 24.7 Å². The maximum atomic E-state index is 12.5. The number of aryl methyl sites for hydroxylation is 2. The highest BCUT2D eigenvalue weighted by Crippen LogP contribution is 2.30. The van der Waals surface area contributed by atoms with Gasteiger partial charge < -0.3 is 19.8 Å². The monoisotopic (exact) mass is 538 g/mol. The largest absolute Gasteiger partial charge is 0.456 e. The van der Waals surface area contributed by atoms with Crippen LogP contribution in [0.3, 0.4) is 0 Å². The number of nitrogens with zero attached hydrogens (tertiary/aromatic N) is 4. The van der Waals surface area contributed by atoms with Crippen LogP contribution in [0.5, 0.6) is 11.5 Å². The van der Waals surface area contributed by atoms with Crippen LogP contribution in [0, 0.1) is 12.8 Å². The molecule has 1 fully saturated rings. The van der Waals surface area contributed by atoms with Crippen molar-refractivity contribution in [3.63, 3.8) is 0 Å². The second kappa shape index (κ2) is 12.3. The Hall–Kier alpha value is -4.92. The Morgan fingerprint density at radius 1 is 1.00 bits per heavy atom. The van der Waals surface area contributed by atoms with Crippen LogP contribution in [0.4, 0.5) is 11.5 Å². The molecule has 1 aliphatic rings. The summed E-state index contributed by atoms with van der Waals surface area (Å²) >= 11 is 0. The van der Waals surface area contributed by atoms with Gasteiger partial charge in [-0.3, -0.25) is 14.3 Å². The fourth-order valence-corrected chi connectivity index (χ4v) is 3.74. The Labute approximate surface area is 233 Å². The lowest BCUT2D eigenvalue weighted by Crippen LogP contribution is -2.16. The summed E-state index contributed by atoms with van der Waals surface area (Å²) in [6.45, 7) is 13.2. The molecule has 40 heavy (non-hydrogen) atoms. The van der Waals surface area contributed by atoms with Gasteiger partial charge >= 0.3 is 0 Å². The van der Waals surface area contributed by atoms with Gasteiger partial charge in [-0.15, -0.1) is 0 Å². The van der Waals surface area contributed by atoms with Crippen LogP contribution in [0.15, 0.2) is 91.3 Å². The number of rotatable bonds is 8. The Balaban J connectivity index is 0.000000406. The number of pyridine rings is 1. The van der Waals surface area contributed by atoms with Crippen LogP contribution < -0.4 is 15.4 Å². The first kappa shape index (κ1) is 28.1. The van der Waals surface area contributed by atoms with Gasteiger partial charge in [-0.1, -0.05) is 42.5 Å². The molecule has 206 valence electrons. The molecule has 0 saturated heterocycles. The number of imidazole rings is 1. The van der Waals surface area contributed by atoms with E-state index in [0.29, 0.717) is 34.3 Å². The topological polar surface area (TPSA) is 103 Å². The highest BCUT2D eigenvalue weighted by atomic mass is 16.5. The zero-order valence-corrected chi connectivity index (χ0v) is 23.3. The van der Waals surface area contributed by atoms with Crippen molar-refractivity contribution in [2.45, 2.75) is 33.6 Å². The van der Waals surface area contributed by atoms with E-state index in [1.807, 2.05) is 45.1 Å². The SMILES string of the molecule is C=C(C)/C=C\C(=C)C.Cc1cc(C(=O)Nc2cccc(Oc3ccc4nc(NC(=O)C5CC5)cn4c3)c2)n(C)n1. The third-order valence-corrected chi connectivity index (χ3v) is 5.84. The van der Waals surface area contributed by atoms with E-state index in [1.54, 1.807) is 58.9 Å². The molecule has 4 aromatic rings. The molecule has 2 N–H and O–H groups in total. The standard InChI is InChI=1S/C23H22N6O3.C8H12/c1-14-10-19(28(2)27-14)23(31)24-16-4-3-5-17(11-16)32-18-8-9-21-25-20(13-29(21)12-18)26-22(30)15-6-7-15;1-7(2)5-6-8(3)4/h3-5,8-13,15H,6-7H2,1-2H3,(H,24,31)(H,26,30);5-6H,1,3H2,2,4H3/b;6-5-. The number of hydrogen-bond donors (Lipinski definition) is 2. The molecule has 2 amide bonds. The molecule has 0 aliphatic heterocycles. The number of fused-ring (bicyclic) bond motifs is 1. The van der Waals surface area contributed by atoms with Crippen molar-refractivity contribution < 1.29 is 14.3 Å². The van der Waals surface area contributed by atoms with Crippen molar-refractivity contribution in [1.82, 2.24) is 19.2 Å². The molecule has 3 aromatic heterocycles. The van der Waals surface area contributed by atoms with Gasteiger partial charge in [-0.05, 0) is 63.9 Å². The fraction of sp³-hybridized carbons (Fsp3) is 0.226. The summed E-state index contributed by atoms with van der Waals surface area (Å²) in [5, 5.41) is 9.92. The molecule has 3 heterocycles. The quantitative estimate of drug-likeness (QED) is 0.251. The normalized spacial score (nSPS) is 12.5. The summed E-state index contributed by atoms with van der Waals surface area (Å²) in [6, 6.07) is 12.5. The minimum absolute atomic E-state index is 0.0185. The first-order valence-electron chi connectivity index (χ1n) is 13.0. The summed E-state index contributed by atoms with van der Waals surface area (Å²) in [4.78, 5) is 28.9. The molecule has 0 bridgehead atoms. The summed E-state index contributed by atoms with van der Waals surface area (Å²) < 4.78 is 9.32. The summed E-state index contributed by atoms with van der Waals surface area (Å²) in [5.74, 6) is 1.59. The van der Waals surface area contributed by atoms with Crippen LogP contribution >= 0.6 is 0 Å². The number of carbonyl (C=O) groups excluding carboxylic acids is 2. The van der Waals surface area contributed by atoms with Gasteiger partial charge in [0.1, 0.15) is 22.8 Å². The number of carbonyl (C=O) groups is 2. The van der Waals surface area contributed by atoms with Crippen LogP contribution in [0.2, 0.25) is 0 Å². The van der Waals surface area contributed by atoms with E-state index in [9.17, 15) is 9.59 Å². The van der Waals surface area contributed by atoms with Gasteiger partial charge in [0.2, 0.25) is 5.91 Å². The second-order valence-electron chi connectivity index (χ2n) is 9.92. The third-order valence-electron chi connectivity index (χ3n) is 5.84. The lowest BCUT2D eigenvalue weighted by atomic mass is 10.2. The van der Waals surface area contributed by atoms with E-state index in [2.05, 4.69) is 33.9 Å². The predicted molar refractivity (Wildman–Crippen MR) is 158 cm³/mol. The number of aromatic nitrogens is 4. The van der Waals surface area contributed by atoms with Crippen molar-refractivity contribution in [2.75, 3.05) is 10.6 Å². The molecule has 9 nitrogen and oxygen atoms in total. The highest BCUT2D eigenvalue weighted by Gasteiger charge is 2.30. The number of anilines is 2. The van der Waals surface area contributed by atoms with E-state index < -0.39 is 0 Å². The number of amides is 2. The van der Waals surface area contributed by atoms with Crippen molar-refractivity contribution in [3.05, 3.63) is 103 Å². The maximum Gasteiger partial charge on any atom is 0.273 e.